The third kappa shape index (κ3) is 6.72. The molecule has 1 aliphatic heterocycles. The SMILES string of the molecule is CC(C)(C)OC(=O)N(COC1CCNC1)C(=O)OCc1ccccc1. The Labute approximate surface area is 148 Å². The molecule has 2 rings (SSSR count). The Balaban J connectivity index is 1.95. The monoisotopic (exact) mass is 350 g/mol. The van der Waals surface area contributed by atoms with Crippen LogP contribution in [0.25, 0.3) is 0 Å². The molecule has 0 aliphatic carbocycles. The highest BCUT2D eigenvalue weighted by molar-refractivity contribution is 5.87. The maximum atomic E-state index is 12.4. The minimum atomic E-state index is -0.788. The van der Waals surface area contributed by atoms with Gasteiger partial charge in [-0.3, -0.25) is 0 Å². The molecular weight excluding hydrogens is 324 g/mol. The van der Waals surface area contributed by atoms with E-state index in [1.165, 1.54) is 0 Å². The fraction of sp³-hybridized carbons (Fsp3) is 0.556. The third-order valence-electron chi connectivity index (χ3n) is 3.49. The zero-order valence-electron chi connectivity index (χ0n) is 15.0. The fourth-order valence-electron chi connectivity index (χ4n) is 2.24. The molecule has 1 aromatic rings. The van der Waals surface area contributed by atoms with Gasteiger partial charge in [0.1, 0.15) is 18.9 Å². The molecule has 25 heavy (non-hydrogen) atoms. The Hall–Kier alpha value is -2.12. The number of hydrogen-bond acceptors (Lipinski definition) is 6. The van der Waals surface area contributed by atoms with Gasteiger partial charge in [-0.15, -0.1) is 0 Å². The smallest absolute Gasteiger partial charge is 0.421 e. The van der Waals surface area contributed by atoms with Crippen LogP contribution in [0.2, 0.25) is 0 Å². The van der Waals surface area contributed by atoms with E-state index in [4.69, 9.17) is 14.2 Å². The largest absolute Gasteiger partial charge is 0.444 e. The van der Waals surface area contributed by atoms with E-state index in [0.717, 1.165) is 23.4 Å². The molecule has 1 N–H and O–H groups in total. The molecule has 0 aromatic heterocycles. The van der Waals surface area contributed by atoms with Gasteiger partial charge in [-0.2, -0.15) is 4.90 Å². The van der Waals surface area contributed by atoms with E-state index in [2.05, 4.69) is 5.32 Å². The van der Waals surface area contributed by atoms with Crippen LogP contribution < -0.4 is 5.32 Å². The van der Waals surface area contributed by atoms with Crippen molar-refractivity contribution in [3.05, 3.63) is 35.9 Å². The predicted octanol–water partition coefficient (Wildman–Crippen LogP) is 2.90. The predicted molar refractivity (Wildman–Crippen MR) is 91.9 cm³/mol. The Kier molecular flexibility index (Phi) is 6.78. The summed E-state index contributed by atoms with van der Waals surface area (Å²) in [5.41, 5.74) is 0.116. The molecule has 1 atom stereocenters. The second-order valence-electron chi connectivity index (χ2n) is 6.86. The number of carbonyl (C=O) groups is 2. The van der Waals surface area contributed by atoms with Gasteiger partial charge in [0.25, 0.3) is 0 Å². The van der Waals surface area contributed by atoms with Crippen molar-refractivity contribution in [2.24, 2.45) is 0 Å². The van der Waals surface area contributed by atoms with Crippen molar-refractivity contribution in [1.29, 1.82) is 0 Å². The average molecular weight is 350 g/mol. The van der Waals surface area contributed by atoms with Gasteiger partial charge >= 0.3 is 12.2 Å². The summed E-state index contributed by atoms with van der Waals surface area (Å²) in [6.45, 7) is 6.63. The summed E-state index contributed by atoms with van der Waals surface area (Å²) >= 11 is 0. The summed E-state index contributed by atoms with van der Waals surface area (Å²) in [4.78, 5) is 25.5. The van der Waals surface area contributed by atoms with Gasteiger partial charge in [0.2, 0.25) is 0 Å². The number of ether oxygens (including phenoxy) is 3. The zero-order valence-corrected chi connectivity index (χ0v) is 15.0. The molecule has 1 aliphatic rings. The van der Waals surface area contributed by atoms with Gasteiger partial charge in [-0.05, 0) is 39.3 Å². The van der Waals surface area contributed by atoms with E-state index in [1.54, 1.807) is 20.8 Å². The molecule has 0 bridgehead atoms. The lowest BCUT2D eigenvalue weighted by Gasteiger charge is -2.26. The van der Waals surface area contributed by atoms with Gasteiger partial charge in [0, 0.05) is 6.54 Å². The van der Waals surface area contributed by atoms with Crippen LogP contribution in [0.4, 0.5) is 9.59 Å². The molecule has 138 valence electrons. The van der Waals surface area contributed by atoms with E-state index in [0.29, 0.717) is 6.54 Å². The molecule has 7 heteroatoms. The van der Waals surface area contributed by atoms with Gasteiger partial charge in [-0.25, -0.2) is 9.59 Å². The first-order valence-corrected chi connectivity index (χ1v) is 8.38. The van der Waals surface area contributed by atoms with Crippen molar-refractivity contribution >= 4 is 12.2 Å². The lowest BCUT2D eigenvalue weighted by atomic mass is 10.2. The zero-order chi connectivity index (χ0) is 18.3. The average Bonchev–Trinajstić information content (AvgIpc) is 3.06. The van der Waals surface area contributed by atoms with Gasteiger partial charge in [0.05, 0.1) is 6.10 Å². The quantitative estimate of drug-likeness (QED) is 0.823. The highest BCUT2D eigenvalue weighted by Gasteiger charge is 2.30. The van der Waals surface area contributed by atoms with E-state index in [9.17, 15) is 9.59 Å². The molecule has 1 heterocycles. The lowest BCUT2D eigenvalue weighted by molar-refractivity contribution is -0.0320. The lowest BCUT2D eigenvalue weighted by Crippen LogP contribution is -2.43. The number of benzene rings is 1. The highest BCUT2D eigenvalue weighted by Crippen LogP contribution is 2.13. The maximum absolute atomic E-state index is 12.4. The van der Waals surface area contributed by atoms with Crippen LogP contribution in [0.15, 0.2) is 30.3 Å². The molecule has 1 unspecified atom stereocenters. The molecule has 1 saturated heterocycles. The number of imide groups is 1. The van der Waals surface area contributed by atoms with E-state index >= 15 is 0 Å². The Morgan fingerprint density at radius 2 is 1.92 bits per heavy atom. The summed E-state index contributed by atoms with van der Waals surface area (Å²) < 4.78 is 16.1. The summed E-state index contributed by atoms with van der Waals surface area (Å²) in [5.74, 6) is 0. The summed E-state index contributed by atoms with van der Waals surface area (Å²) in [7, 11) is 0. The summed E-state index contributed by atoms with van der Waals surface area (Å²) in [5, 5.41) is 3.16. The number of hydrogen-bond donors (Lipinski definition) is 1. The van der Waals surface area contributed by atoms with Crippen molar-refractivity contribution in [3.63, 3.8) is 0 Å². The van der Waals surface area contributed by atoms with Crippen LogP contribution in [-0.4, -0.2) is 48.6 Å². The molecule has 1 fully saturated rings. The van der Waals surface area contributed by atoms with E-state index < -0.39 is 17.8 Å². The van der Waals surface area contributed by atoms with Crippen LogP contribution in [-0.2, 0) is 20.8 Å². The molecule has 2 amide bonds. The number of nitrogens with zero attached hydrogens (tertiary/aromatic N) is 1. The summed E-state index contributed by atoms with van der Waals surface area (Å²) in [6.07, 6.45) is -0.770. The maximum Gasteiger partial charge on any atom is 0.421 e. The van der Waals surface area contributed by atoms with Crippen LogP contribution in [0.5, 0.6) is 0 Å². The molecule has 7 nitrogen and oxygen atoms in total. The second kappa shape index (κ2) is 8.82. The fourth-order valence-corrected chi connectivity index (χ4v) is 2.24. The Bertz CT molecular complexity index is 565. The van der Waals surface area contributed by atoms with Crippen molar-refractivity contribution in [2.45, 2.75) is 45.5 Å². The Morgan fingerprint density at radius 1 is 1.20 bits per heavy atom. The van der Waals surface area contributed by atoms with E-state index in [1.807, 2.05) is 30.3 Å². The van der Waals surface area contributed by atoms with Crippen LogP contribution in [0.3, 0.4) is 0 Å². The standard InChI is InChI=1S/C18H26N2O5/c1-18(2,3)25-17(22)20(13-24-15-9-10-19-11-15)16(21)23-12-14-7-5-4-6-8-14/h4-8,15,19H,9-13H2,1-3H3. The molecular formula is C18H26N2O5. The first-order chi connectivity index (χ1) is 11.8. The number of amides is 2. The van der Waals surface area contributed by atoms with Crippen molar-refractivity contribution < 1.29 is 23.8 Å². The number of nitrogens with one attached hydrogen (secondary N) is 1. The highest BCUT2D eigenvalue weighted by atomic mass is 16.6. The topological polar surface area (TPSA) is 77.1 Å². The van der Waals surface area contributed by atoms with Crippen LogP contribution >= 0.6 is 0 Å². The first kappa shape index (κ1) is 19.2. The normalized spacial score (nSPS) is 17.2. The van der Waals surface area contributed by atoms with E-state index in [-0.39, 0.29) is 19.4 Å². The molecule has 0 radical (unpaired) electrons. The van der Waals surface area contributed by atoms with Gasteiger partial charge < -0.3 is 19.5 Å². The minimum Gasteiger partial charge on any atom is -0.444 e. The van der Waals surface area contributed by atoms with Crippen molar-refractivity contribution in [3.8, 4) is 0 Å². The molecule has 0 spiro atoms. The van der Waals surface area contributed by atoms with Crippen molar-refractivity contribution in [1.82, 2.24) is 10.2 Å². The van der Waals surface area contributed by atoms with Crippen LogP contribution in [0, 0.1) is 0 Å². The van der Waals surface area contributed by atoms with Gasteiger partial charge in [-0.1, -0.05) is 30.3 Å². The molecule has 0 saturated carbocycles. The number of carbonyl (C=O) groups excluding carboxylic acids is 2. The Morgan fingerprint density at radius 3 is 2.52 bits per heavy atom. The minimum absolute atomic E-state index is 0.0353. The number of rotatable bonds is 5. The van der Waals surface area contributed by atoms with Crippen molar-refractivity contribution in [2.75, 3.05) is 19.8 Å². The van der Waals surface area contributed by atoms with Gasteiger partial charge in [0.15, 0.2) is 0 Å². The second-order valence-corrected chi connectivity index (χ2v) is 6.86. The third-order valence-corrected chi connectivity index (χ3v) is 3.49. The van der Waals surface area contributed by atoms with Crippen LogP contribution in [0.1, 0.15) is 32.8 Å². The first-order valence-electron chi connectivity index (χ1n) is 8.38. The molecule has 1 aromatic carbocycles. The summed E-state index contributed by atoms with van der Waals surface area (Å²) in [6, 6.07) is 9.26.